The van der Waals surface area contributed by atoms with Crippen molar-refractivity contribution in [2.45, 2.75) is 38.0 Å². The van der Waals surface area contributed by atoms with Crippen LogP contribution in [0, 0.1) is 5.92 Å². The third-order valence-corrected chi connectivity index (χ3v) is 5.20. The molecule has 0 atom stereocenters. The van der Waals surface area contributed by atoms with Crippen LogP contribution in [0.4, 0.5) is 5.69 Å². The highest BCUT2D eigenvalue weighted by molar-refractivity contribution is 5.99. The summed E-state index contributed by atoms with van der Waals surface area (Å²) in [4.78, 5) is 4.30. The van der Waals surface area contributed by atoms with Crippen molar-refractivity contribution in [1.29, 1.82) is 0 Å². The van der Waals surface area contributed by atoms with Crippen LogP contribution in [0.1, 0.15) is 31.2 Å². The molecule has 126 valence electrons. The number of nitrogens with zero attached hydrogens (tertiary/aromatic N) is 1. The highest BCUT2D eigenvalue weighted by atomic mass is 16.7. The van der Waals surface area contributed by atoms with Crippen molar-refractivity contribution in [3.05, 3.63) is 42.7 Å². The highest BCUT2D eigenvalue weighted by Crippen LogP contribution is 2.34. The Morgan fingerprint density at radius 3 is 2.62 bits per heavy atom. The van der Waals surface area contributed by atoms with Gasteiger partial charge in [0.1, 0.15) is 0 Å². The van der Waals surface area contributed by atoms with E-state index in [1.807, 2.05) is 18.5 Å². The lowest BCUT2D eigenvalue weighted by Gasteiger charge is -2.32. The molecule has 4 heteroatoms. The predicted octanol–water partition coefficient (Wildman–Crippen LogP) is 4.22. The van der Waals surface area contributed by atoms with Crippen molar-refractivity contribution >= 4 is 22.5 Å². The summed E-state index contributed by atoms with van der Waals surface area (Å²) in [7, 11) is 0. The molecule has 0 unspecified atom stereocenters. The first kappa shape index (κ1) is 15.6. The lowest BCUT2D eigenvalue weighted by Crippen LogP contribution is -2.32. The zero-order valence-electron chi connectivity index (χ0n) is 13.9. The van der Waals surface area contributed by atoms with Gasteiger partial charge in [-0.25, -0.2) is 0 Å². The largest absolute Gasteiger partial charge is 0.382 e. The van der Waals surface area contributed by atoms with Gasteiger partial charge in [0.2, 0.25) is 0 Å². The van der Waals surface area contributed by atoms with E-state index >= 15 is 0 Å². The molecule has 24 heavy (non-hydrogen) atoms. The van der Waals surface area contributed by atoms with Gasteiger partial charge >= 0.3 is 0 Å². The Balaban J connectivity index is 1.48. The number of ether oxygens (including phenoxy) is 2. The van der Waals surface area contributed by atoms with Gasteiger partial charge in [-0.05, 0) is 31.7 Å². The van der Waals surface area contributed by atoms with Gasteiger partial charge in [-0.2, -0.15) is 0 Å². The average molecular weight is 324 g/mol. The van der Waals surface area contributed by atoms with Crippen molar-refractivity contribution in [1.82, 2.24) is 4.98 Å². The van der Waals surface area contributed by atoms with E-state index in [9.17, 15) is 0 Å². The van der Waals surface area contributed by atoms with Crippen molar-refractivity contribution in [2.75, 3.05) is 18.5 Å². The zero-order chi connectivity index (χ0) is 16.4. The molecule has 2 heterocycles. The number of nitrogens with one attached hydrogen (secondary N) is 1. The molecule has 1 aliphatic heterocycles. The Morgan fingerprint density at radius 1 is 1.08 bits per heavy atom. The minimum absolute atomic E-state index is 0.0296. The number of fused-ring (bicyclic) bond motifs is 1. The summed E-state index contributed by atoms with van der Waals surface area (Å²) >= 11 is 0. The molecule has 1 aliphatic carbocycles. The van der Waals surface area contributed by atoms with Gasteiger partial charge in [-0.3, -0.25) is 4.98 Å². The van der Waals surface area contributed by atoms with Gasteiger partial charge in [-0.1, -0.05) is 24.8 Å². The first-order valence-corrected chi connectivity index (χ1v) is 8.84. The summed E-state index contributed by atoms with van der Waals surface area (Å²) in [6, 6.07) is 6.85. The number of hydrogen-bond acceptors (Lipinski definition) is 4. The van der Waals surface area contributed by atoms with Crippen LogP contribution in [-0.4, -0.2) is 30.5 Å². The summed E-state index contributed by atoms with van der Waals surface area (Å²) in [5.74, 6) is 0.547. The maximum Gasteiger partial charge on any atom is 0.160 e. The summed E-state index contributed by atoms with van der Waals surface area (Å²) in [6.45, 7) is 5.42. The molecule has 4 nitrogen and oxygen atoms in total. The summed E-state index contributed by atoms with van der Waals surface area (Å²) in [6.07, 6.45) is 10.3. The molecule has 1 saturated heterocycles. The Hall–Kier alpha value is -1.91. The van der Waals surface area contributed by atoms with Crippen molar-refractivity contribution in [2.24, 2.45) is 5.92 Å². The Morgan fingerprint density at radius 2 is 1.88 bits per heavy atom. The molecule has 0 amide bonds. The van der Waals surface area contributed by atoms with Crippen LogP contribution >= 0.6 is 0 Å². The van der Waals surface area contributed by atoms with Gasteiger partial charge in [0, 0.05) is 46.4 Å². The molecule has 4 rings (SSSR count). The Labute approximate surface area is 142 Å². The monoisotopic (exact) mass is 324 g/mol. The van der Waals surface area contributed by atoms with E-state index in [2.05, 4.69) is 35.1 Å². The number of pyridine rings is 1. The van der Waals surface area contributed by atoms with Crippen molar-refractivity contribution in [3.63, 3.8) is 0 Å². The van der Waals surface area contributed by atoms with Crippen LogP contribution in [0.2, 0.25) is 0 Å². The van der Waals surface area contributed by atoms with Crippen LogP contribution < -0.4 is 5.32 Å². The first-order chi connectivity index (χ1) is 11.8. The van der Waals surface area contributed by atoms with Gasteiger partial charge < -0.3 is 14.8 Å². The van der Waals surface area contributed by atoms with E-state index in [1.165, 1.54) is 11.1 Å². The number of anilines is 1. The highest BCUT2D eigenvalue weighted by Gasteiger charge is 2.31. The second-order valence-electron chi connectivity index (χ2n) is 6.70. The summed E-state index contributed by atoms with van der Waals surface area (Å²) in [5.41, 5.74) is 2.26. The lowest BCUT2D eigenvalue weighted by molar-refractivity contribution is -0.0925. The van der Waals surface area contributed by atoms with Crippen LogP contribution in [-0.2, 0) is 9.47 Å². The maximum atomic E-state index is 5.67. The van der Waals surface area contributed by atoms with E-state index in [1.54, 1.807) is 0 Å². The van der Waals surface area contributed by atoms with E-state index < -0.39 is 0 Å². The summed E-state index contributed by atoms with van der Waals surface area (Å²) < 4.78 is 11.3. The molecule has 0 bridgehead atoms. The standard InChI is InChI=1S/C20H24N2O2/c1-2-14-12-21-13-16-4-3-5-18(19(14)16)22-17-8-6-15(7-9-17)20-23-10-11-24-20/h2-5,12-13,15,17,20,22H,1,6-11H2. The predicted molar refractivity (Wildman–Crippen MR) is 96.9 cm³/mol. The molecule has 1 aromatic heterocycles. The number of rotatable bonds is 4. The van der Waals surface area contributed by atoms with Crippen molar-refractivity contribution < 1.29 is 9.47 Å². The minimum Gasteiger partial charge on any atom is -0.382 e. The molecule has 2 aromatic rings. The fourth-order valence-corrected chi connectivity index (χ4v) is 3.94. The van der Waals surface area contributed by atoms with E-state index in [-0.39, 0.29) is 6.29 Å². The molecular formula is C20H24N2O2. The van der Waals surface area contributed by atoms with E-state index in [4.69, 9.17) is 9.47 Å². The first-order valence-electron chi connectivity index (χ1n) is 8.84. The molecule has 1 N–H and O–H groups in total. The fraction of sp³-hybridized carbons (Fsp3) is 0.450. The zero-order valence-corrected chi connectivity index (χ0v) is 13.9. The fourth-order valence-electron chi connectivity index (χ4n) is 3.94. The smallest absolute Gasteiger partial charge is 0.160 e. The topological polar surface area (TPSA) is 43.4 Å². The maximum absolute atomic E-state index is 5.67. The van der Waals surface area contributed by atoms with Gasteiger partial charge in [0.25, 0.3) is 0 Å². The van der Waals surface area contributed by atoms with Gasteiger partial charge in [0.05, 0.1) is 13.2 Å². The van der Waals surface area contributed by atoms with E-state index in [0.717, 1.165) is 49.8 Å². The second-order valence-corrected chi connectivity index (χ2v) is 6.70. The van der Waals surface area contributed by atoms with Crippen LogP contribution in [0.15, 0.2) is 37.2 Å². The molecule has 2 aliphatic rings. The molecule has 1 saturated carbocycles. The molecule has 0 radical (unpaired) electrons. The average Bonchev–Trinajstić information content (AvgIpc) is 3.17. The van der Waals surface area contributed by atoms with Gasteiger partial charge in [-0.15, -0.1) is 0 Å². The minimum atomic E-state index is 0.0296. The normalized spacial score (nSPS) is 25.0. The number of benzene rings is 1. The molecule has 1 aromatic carbocycles. The molecular weight excluding hydrogens is 300 g/mol. The molecule has 2 fully saturated rings. The number of aromatic nitrogens is 1. The Kier molecular flexibility index (Phi) is 4.50. The molecule has 0 spiro atoms. The van der Waals surface area contributed by atoms with E-state index in [0.29, 0.717) is 12.0 Å². The van der Waals surface area contributed by atoms with Crippen LogP contribution in [0.3, 0.4) is 0 Å². The number of hydrogen-bond donors (Lipinski definition) is 1. The summed E-state index contributed by atoms with van der Waals surface area (Å²) in [5, 5.41) is 6.12. The Bertz CT molecular complexity index is 711. The second kappa shape index (κ2) is 6.91. The lowest BCUT2D eigenvalue weighted by atomic mass is 9.85. The third kappa shape index (κ3) is 3.04. The van der Waals surface area contributed by atoms with Crippen molar-refractivity contribution in [3.8, 4) is 0 Å². The third-order valence-electron chi connectivity index (χ3n) is 5.20. The van der Waals surface area contributed by atoms with Crippen LogP contribution in [0.25, 0.3) is 16.8 Å². The SMILES string of the molecule is C=Cc1cncc2cccc(NC3CCC(C4OCCO4)CC3)c12. The quantitative estimate of drug-likeness (QED) is 0.914. The van der Waals surface area contributed by atoms with Gasteiger partial charge in [0.15, 0.2) is 6.29 Å². The van der Waals surface area contributed by atoms with Crippen LogP contribution in [0.5, 0.6) is 0 Å².